The molecule has 0 radical (unpaired) electrons. The molecule has 1 N–H and O–H groups in total. The summed E-state index contributed by atoms with van der Waals surface area (Å²) >= 11 is 0. The molecule has 108 valence electrons. The van der Waals surface area contributed by atoms with E-state index in [2.05, 4.69) is 19.2 Å². The number of unbranched alkanes of at least 4 members (excludes halogenated alkanes) is 1. The molecule has 19 heavy (non-hydrogen) atoms. The quantitative estimate of drug-likeness (QED) is 0.704. The van der Waals surface area contributed by atoms with Gasteiger partial charge in [-0.25, -0.2) is 4.39 Å². The van der Waals surface area contributed by atoms with E-state index in [1.807, 2.05) is 0 Å². The Hall–Kier alpha value is -0.740. The summed E-state index contributed by atoms with van der Waals surface area (Å²) in [4.78, 5) is 0.721. The molecule has 1 aromatic carbocycles. The van der Waals surface area contributed by atoms with Crippen molar-refractivity contribution < 1.29 is 8.60 Å². The molecule has 0 fully saturated rings. The highest BCUT2D eigenvalue weighted by Gasteiger charge is 2.05. The average molecular weight is 285 g/mol. The summed E-state index contributed by atoms with van der Waals surface area (Å²) in [5.74, 6) is 0.378. The van der Waals surface area contributed by atoms with Crippen molar-refractivity contribution in [3.05, 3.63) is 30.1 Å². The van der Waals surface area contributed by atoms with Crippen molar-refractivity contribution in [2.24, 2.45) is 0 Å². The molecule has 0 saturated carbocycles. The second-order valence-electron chi connectivity index (χ2n) is 4.85. The highest BCUT2D eigenvalue weighted by Crippen LogP contribution is 2.10. The van der Waals surface area contributed by atoms with E-state index in [1.165, 1.54) is 12.1 Å². The molecule has 0 spiro atoms. The van der Waals surface area contributed by atoms with Crippen LogP contribution in [-0.2, 0) is 10.8 Å². The summed E-state index contributed by atoms with van der Waals surface area (Å²) in [7, 11) is -0.999. The van der Waals surface area contributed by atoms with Gasteiger partial charge in [0, 0.05) is 16.7 Å². The number of hydrogen-bond donors (Lipinski definition) is 1. The van der Waals surface area contributed by atoms with Gasteiger partial charge in [0.05, 0.1) is 10.8 Å². The van der Waals surface area contributed by atoms with Crippen molar-refractivity contribution in [2.45, 2.75) is 50.5 Å². The highest BCUT2D eigenvalue weighted by atomic mass is 32.2. The van der Waals surface area contributed by atoms with E-state index in [1.54, 1.807) is 12.1 Å². The number of halogens is 1. The van der Waals surface area contributed by atoms with Gasteiger partial charge in [-0.3, -0.25) is 4.21 Å². The predicted molar refractivity (Wildman–Crippen MR) is 79.3 cm³/mol. The maximum atomic E-state index is 12.7. The highest BCUT2D eigenvalue weighted by molar-refractivity contribution is 7.85. The molecule has 0 aliphatic rings. The molecular formula is C15H24FNOS. The lowest BCUT2D eigenvalue weighted by Crippen LogP contribution is -2.26. The second-order valence-corrected chi connectivity index (χ2v) is 6.43. The molecule has 0 amide bonds. The third kappa shape index (κ3) is 6.83. The van der Waals surface area contributed by atoms with Gasteiger partial charge in [-0.05, 0) is 57.0 Å². The largest absolute Gasteiger partial charge is 0.314 e. The summed E-state index contributed by atoms with van der Waals surface area (Å²) in [5.41, 5.74) is 0. The molecule has 2 unspecified atom stereocenters. The lowest BCUT2D eigenvalue weighted by molar-refractivity contribution is 0.495. The molecular weight excluding hydrogens is 261 g/mol. The molecule has 4 heteroatoms. The van der Waals surface area contributed by atoms with Crippen LogP contribution in [0.5, 0.6) is 0 Å². The molecule has 1 rings (SSSR count). The molecule has 0 bridgehead atoms. The van der Waals surface area contributed by atoms with Crippen molar-refractivity contribution in [3.63, 3.8) is 0 Å². The summed E-state index contributed by atoms with van der Waals surface area (Å²) in [6.45, 7) is 5.40. The van der Waals surface area contributed by atoms with Crippen LogP contribution < -0.4 is 5.32 Å². The van der Waals surface area contributed by atoms with Gasteiger partial charge in [0.1, 0.15) is 5.82 Å². The van der Waals surface area contributed by atoms with Crippen LogP contribution in [0.15, 0.2) is 29.2 Å². The molecule has 0 aromatic heterocycles. The van der Waals surface area contributed by atoms with E-state index >= 15 is 0 Å². The minimum Gasteiger partial charge on any atom is -0.314 e. The monoisotopic (exact) mass is 285 g/mol. The maximum absolute atomic E-state index is 12.7. The summed E-state index contributed by atoms with van der Waals surface area (Å²) in [6.07, 6.45) is 4.28. The topological polar surface area (TPSA) is 29.1 Å². The standard InChI is InChI=1S/C15H24FNOS/c1-3-11-17-13(2)6-4-5-12-19(18)15-9-7-14(16)8-10-15/h7-10,13,17H,3-6,11-12H2,1-2H3. The van der Waals surface area contributed by atoms with E-state index in [0.717, 1.165) is 37.1 Å². The Morgan fingerprint density at radius 2 is 1.95 bits per heavy atom. The average Bonchev–Trinajstić information content (AvgIpc) is 2.41. The smallest absolute Gasteiger partial charge is 0.123 e. The summed E-state index contributed by atoms with van der Waals surface area (Å²) in [6, 6.07) is 6.47. The van der Waals surface area contributed by atoms with Crippen LogP contribution in [0.3, 0.4) is 0 Å². The first-order chi connectivity index (χ1) is 9.13. The number of hydrogen-bond acceptors (Lipinski definition) is 2. The Bertz CT molecular complexity index is 380. The Morgan fingerprint density at radius 3 is 2.58 bits per heavy atom. The molecule has 1 aromatic rings. The minimum atomic E-state index is -0.999. The molecule has 0 aliphatic heterocycles. The van der Waals surface area contributed by atoms with E-state index in [4.69, 9.17) is 0 Å². The van der Waals surface area contributed by atoms with E-state index in [0.29, 0.717) is 11.8 Å². The van der Waals surface area contributed by atoms with Gasteiger partial charge < -0.3 is 5.32 Å². The molecule has 0 saturated heterocycles. The van der Waals surface area contributed by atoms with E-state index in [9.17, 15) is 8.60 Å². The van der Waals surface area contributed by atoms with Crippen LogP contribution in [-0.4, -0.2) is 22.5 Å². The summed E-state index contributed by atoms with van der Waals surface area (Å²) < 4.78 is 24.7. The van der Waals surface area contributed by atoms with Gasteiger partial charge in [-0.2, -0.15) is 0 Å². The summed E-state index contributed by atoms with van der Waals surface area (Å²) in [5, 5.41) is 3.44. The molecule has 0 aliphatic carbocycles. The fourth-order valence-electron chi connectivity index (χ4n) is 1.88. The van der Waals surface area contributed by atoms with E-state index < -0.39 is 10.8 Å². The van der Waals surface area contributed by atoms with Gasteiger partial charge in [0.15, 0.2) is 0 Å². The lowest BCUT2D eigenvalue weighted by Gasteiger charge is -2.12. The third-order valence-electron chi connectivity index (χ3n) is 3.04. The van der Waals surface area contributed by atoms with Gasteiger partial charge in [0.2, 0.25) is 0 Å². The predicted octanol–water partition coefficient (Wildman–Crippen LogP) is 3.49. The van der Waals surface area contributed by atoms with E-state index in [-0.39, 0.29) is 5.82 Å². The number of rotatable bonds is 9. The zero-order valence-electron chi connectivity index (χ0n) is 11.8. The Labute approximate surface area is 118 Å². The Kier molecular flexibility index (Phi) is 7.91. The number of nitrogens with one attached hydrogen (secondary N) is 1. The van der Waals surface area contributed by atoms with Crippen LogP contribution in [0, 0.1) is 5.82 Å². The zero-order valence-corrected chi connectivity index (χ0v) is 12.6. The Balaban J connectivity index is 2.18. The van der Waals surface area contributed by atoms with Gasteiger partial charge >= 0.3 is 0 Å². The van der Waals surface area contributed by atoms with Crippen LogP contribution >= 0.6 is 0 Å². The van der Waals surface area contributed by atoms with Crippen molar-refractivity contribution in [1.29, 1.82) is 0 Å². The van der Waals surface area contributed by atoms with Crippen molar-refractivity contribution in [1.82, 2.24) is 5.32 Å². The fourth-order valence-corrected chi connectivity index (χ4v) is 3.02. The Morgan fingerprint density at radius 1 is 1.26 bits per heavy atom. The zero-order chi connectivity index (χ0) is 14.1. The first-order valence-corrected chi connectivity index (χ1v) is 8.32. The first kappa shape index (κ1) is 16.3. The van der Waals surface area contributed by atoms with Crippen molar-refractivity contribution >= 4 is 10.8 Å². The second kappa shape index (κ2) is 9.21. The number of benzene rings is 1. The van der Waals surface area contributed by atoms with Gasteiger partial charge in [-0.15, -0.1) is 0 Å². The normalized spacial score (nSPS) is 14.3. The molecule has 2 atom stereocenters. The van der Waals surface area contributed by atoms with Crippen LogP contribution in [0.1, 0.15) is 39.5 Å². The van der Waals surface area contributed by atoms with Crippen LogP contribution in [0.2, 0.25) is 0 Å². The molecule has 2 nitrogen and oxygen atoms in total. The van der Waals surface area contributed by atoms with Gasteiger partial charge in [-0.1, -0.05) is 13.3 Å². The van der Waals surface area contributed by atoms with Crippen LogP contribution in [0.25, 0.3) is 0 Å². The van der Waals surface area contributed by atoms with Crippen molar-refractivity contribution in [2.75, 3.05) is 12.3 Å². The van der Waals surface area contributed by atoms with Crippen molar-refractivity contribution in [3.8, 4) is 0 Å². The third-order valence-corrected chi connectivity index (χ3v) is 4.49. The SMILES string of the molecule is CCCNC(C)CCCCS(=O)c1ccc(F)cc1. The lowest BCUT2D eigenvalue weighted by atomic mass is 10.1. The fraction of sp³-hybridized carbons (Fsp3) is 0.600. The van der Waals surface area contributed by atoms with Gasteiger partial charge in [0.25, 0.3) is 0 Å². The first-order valence-electron chi connectivity index (χ1n) is 7.00. The maximum Gasteiger partial charge on any atom is 0.123 e. The minimum absolute atomic E-state index is 0.281. The molecule has 0 heterocycles. The van der Waals surface area contributed by atoms with Crippen LogP contribution in [0.4, 0.5) is 4.39 Å².